The molecule has 0 heterocycles. The van der Waals surface area contributed by atoms with Gasteiger partial charge in [0.05, 0.1) is 26.4 Å². The fraction of sp³-hybridized carbons (Fsp3) is 0.941. The minimum Gasteiger partial charge on any atom is -0.462 e. The first kappa shape index (κ1) is 85.1. The van der Waals surface area contributed by atoms with Crippen molar-refractivity contribution in [3.63, 3.8) is 0 Å². The van der Waals surface area contributed by atoms with Gasteiger partial charge in [-0.1, -0.05) is 280 Å². The average molecular weight is 1280 g/mol. The van der Waals surface area contributed by atoms with Crippen LogP contribution in [0.5, 0.6) is 0 Å². The lowest BCUT2D eigenvalue weighted by Gasteiger charge is -2.21. The summed E-state index contributed by atoms with van der Waals surface area (Å²) in [4.78, 5) is 72.4. The van der Waals surface area contributed by atoms with E-state index < -0.39 is 97.5 Å². The van der Waals surface area contributed by atoms with Crippen LogP contribution in [0.15, 0.2) is 0 Å². The second-order valence-electron chi connectivity index (χ2n) is 26.2. The highest BCUT2D eigenvalue weighted by molar-refractivity contribution is 7.47. The number of ether oxygens (including phenoxy) is 4. The van der Waals surface area contributed by atoms with Gasteiger partial charge in [-0.05, 0) is 49.4 Å². The highest BCUT2D eigenvalue weighted by atomic mass is 31.2. The van der Waals surface area contributed by atoms with Gasteiger partial charge in [0.25, 0.3) is 0 Å². The van der Waals surface area contributed by atoms with Gasteiger partial charge in [0.2, 0.25) is 0 Å². The van der Waals surface area contributed by atoms with E-state index in [9.17, 15) is 43.2 Å². The molecular formula is C68H132O17P2. The molecule has 0 aliphatic rings. The highest BCUT2D eigenvalue weighted by Crippen LogP contribution is 2.45. The molecule has 0 aliphatic carbocycles. The lowest BCUT2D eigenvalue weighted by atomic mass is 9.99. The standard InChI is InChI=1S/C68H132O17P2/c1-9-61(8)47-39-31-23-14-10-11-15-24-32-40-48-65(70)78-54-63(84-67(72)50-42-34-25-16-12-13-20-28-36-44-58(2)3)56-82-86(74,75)80-52-62(69)53-81-87(76,77)83-57-64(55-79-66(71)49-41-33-27-19-22-30-38-46-60(6)7)85-68(73)51-43-35-26-18-17-21-29-37-45-59(4)5/h58-64,69H,9-57H2,1-8H3,(H,74,75)(H,76,77)/t61?,62?,63-,64-/m1/s1. The molecule has 0 rings (SSSR count). The Labute approximate surface area is 530 Å². The van der Waals surface area contributed by atoms with Crippen LogP contribution in [0.25, 0.3) is 0 Å². The van der Waals surface area contributed by atoms with Crippen LogP contribution in [-0.4, -0.2) is 96.7 Å². The van der Waals surface area contributed by atoms with Crippen molar-refractivity contribution in [3.8, 4) is 0 Å². The number of unbranched alkanes of at least 4 members (excludes halogenated alkanes) is 30. The molecule has 0 aromatic rings. The molecule has 4 unspecified atom stereocenters. The first-order chi connectivity index (χ1) is 41.6. The fourth-order valence-electron chi connectivity index (χ4n) is 10.1. The molecule has 17 nitrogen and oxygen atoms in total. The first-order valence-electron chi connectivity index (χ1n) is 35.2. The Morgan fingerprint density at radius 1 is 0.322 bits per heavy atom. The predicted octanol–water partition coefficient (Wildman–Crippen LogP) is 18.9. The molecule has 516 valence electrons. The smallest absolute Gasteiger partial charge is 0.462 e. The molecule has 0 spiro atoms. The third kappa shape index (κ3) is 61.3. The van der Waals surface area contributed by atoms with Crippen molar-refractivity contribution in [3.05, 3.63) is 0 Å². The summed E-state index contributed by atoms with van der Waals surface area (Å²) in [5.74, 6) is 0.835. The van der Waals surface area contributed by atoms with E-state index in [0.29, 0.717) is 31.6 Å². The van der Waals surface area contributed by atoms with Crippen molar-refractivity contribution in [1.29, 1.82) is 0 Å². The Hall–Kier alpha value is -1.94. The lowest BCUT2D eigenvalue weighted by molar-refractivity contribution is -0.161. The summed E-state index contributed by atoms with van der Waals surface area (Å²) < 4.78 is 68.2. The monoisotopic (exact) mass is 1280 g/mol. The van der Waals surface area contributed by atoms with Gasteiger partial charge in [-0.15, -0.1) is 0 Å². The van der Waals surface area contributed by atoms with E-state index in [-0.39, 0.29) is 25.7 Å². The molecule has 0 radical (unpaired) electrons. The summed E-state index contributed by atoms with van der Waals surface area (Å²) in [6.07, 6.45) is 39.0. The van der Waals surface area contributed by atoms with Crippen LogP contribution in [0, 0.1) is 23.7 Å². The maximum absolute atomic E-state index is 13.0. The maximum atomic E-state index is 13.0. The minimum atomic E-state index is -4.95. The number of rotatable bonds is 65. The van der Waals surface area contributed by atoms with E-state index in [0.717, 1.165) is 114 Å². The van der Waals surface area contributed by atoms with Crippen LogP contribution in [-0.2, 0) is 65.4 Å². The molecular weight excluding hydrogens is 1150 g/mol. The number of hydrogen-bond acceptors (Lipinski definition) is 15. The summed E-state index contributed by atoms with van der Waals surface area (Å²) >= 11 is 0. The third-order valence-corrected chi connectivity index (χ3v) is 17.8. The summed E-state index contributed by atoms with van der Waals surface area (Å²) in [6, 6.07) is 0. The highest BCUT2D eigenvalue weighted by Gasteiger charge is 2.30. The molecule has 0 aromatic heterocycles. The van der Waals surface area contributed by atoms with Crippen LogP contribution in [0.1, 0.15) is 331 Å². The normalized spacial score (nSPS) is 14.6. The molecule has 0 saturated carbocycles. The Balaban J connectivity index is 5.26. The number of aliphatic hydroxyl groups excluding tert-OH is 1. The summed E-state index contributed by atoms with van der Waals surface area (Å²) in [7, 11) is -9.90. The van der Waals surface area contributed by atoms with Crippen molar-refractivity contribution < 1.29 is 80.2 Å². The second-order valence-corrected chi connectivity index (χ2v) is 29.1. The summed E-state index contributed by atoms with van der Waals surface area (Å²) in [5, 5.41) is 10.6. The SMILES string of the molecule is CCC(C)CCCCCCCCCCCCC(=O)OC[C@H](COP(=O)(O)OCC(O)COP(=O)(O)OC[C@@H](COC(=O)CCCCCCCCCC(C)C)OC(=O)CCCCCCCCCCC(C)C)OC(=O)CCCCCCCCCCCC(C)C. The Bertz CT molecular complexity index is 1730. The number of carbonyl (C=O) groups excluding carboxylic acids is 4. The number of esters is 4. The molecule has 0 aromatic carbocycles. The molecule has 19 heteroatoms. The van der Waals surface area contributed by atoms with Gasteiger partial charge < -0.3 is 33.8 Å². The molecule has 0 amide bonds. The number of hydrogen-bond donors (Lipinski definition) is 3. The zero-order chi connectivity index (χ0) is 64.7. The van der Waals surface area contributed by atoms with Crippen molar-refractivity contribution in [1.82, 2.24) is 0 Å². The molecule has 0 fully saturated rings. The van der Waals surface area contributed by atoms with E-state index in [4.69, 9.17) is 37.0 Å². The predicted molar refractivity (Wildman–Crippen MR) is 349 cm³/mol. The molecule has 87 heavy (non-hydrogen) atoms. The number of aliphatic hydroxyl groups is 1. The molecule has 3 N–H and O–H groups in total. The van der Waals surface area contributed by atoms with Crippen molar-refractivity contribution in [2.24, 2.45) is 23.7 Å². The Kier molecular flexibility index (Phi) is 56.6. The minimum absolute atomic E-state index is 0.103. The van der Waals surface area contributed by atoms with Gasteiger partial charge in [0.1, 0.15) is 19.3 Å². The zero-order valence-corrected chi connectivity index (χ0v) is 58.4. The van der Waals surface area contributed by atoms with Gasteiger partial charge in [-0.2, -0.15) is 0 Å². The van der Waals surface area contributed by atoms with Crippen LogP contribution in [0.3, 0.4) is 0 Å². The summed E-state index contributed by atoms with van der Waals surface area (Å²) in [6.45, 7) is 14.0. The number of phosphoric acid groups is 2. The number of phosphoric ester groups is 2. The largest absolute Gasteiger partial charge is 0.472 e. The first-order valence-corrected chi connectivity index (χ1v) is 38.2. The van der Waals surface area contributed by atoms with E-state index in [2.05, 4.69) is 55.4 Å². The quantitative estimate of drug-likeness (QED) is 0.0222. The molecule has 0 bridgehead atoms. The van der Waals surface area contributed by atoms with Gasteiger partial charge >= 0.3 is 39.5 Å². The van der Waals surface area contributed by atoms with Crippen molar-refractivity contribution in [2.45, 2.75) is 350 Å². The average Bonchev–Trinajstić information content (AvgIpc) is 3.53. The van der Waals surface area contributed by atoms with Gasteiger partial charge in [0, 0.05) is 25.7 Å². The van der Waals surface area contributed by atoms with Crippen LogP contribution in [0.2, 0.25) is 0 Å². The van der Waals surface area contributed by atoms with Gasteiger partial charge in [-0.25, -0.2) is 9.13 Å². The van der Waals surface area contributed by atoms with Crippen molar-refractivity contribution >= 4 is 39.5 Å². The van der Waals surface area contributed by atoms with E-state index in [1.165, 1.54) is 128 Å². The zero-order valence-electron chi connectivity index (χ0n) is 56.6. The molecule has 0 saturated heterocycles. The molecule has 0 aliphatic heterocycles. The Morgan fingerprint density at radius 3 is 0.816 bits per heavy atom. The third-order valence-electron chi connectivity index (χ3n) is 15.9. The summed E-state index contributed by atoms with van der Waals surface area (Å²) in [5.41, 5.74) is 0. The lowest BCUT2D eigenvalue weighted by Crippen LogP contribution is -2.30. The Morgan fingerprint density at radius 2 is 0.552 bits per heavy atom. The second kappa shape index (κ2) is 57.9. The van der Waals surface area contributed by atoms with E-state index in [1.54, 1.807) is 0 Å². The van der Waals surface area contributed by atoms with Crippen LogP contribution < -0.4 is 0 Å². The van der Waals surface area contributed by atoms with E-state index >= 15 is 0 Å². The van der Waals surface area contributed by atoms with Crippen LogP contribution in [0.4, 0.5) is 0 Å². The van der Waals surface area contributed by atoms with Crippen LogP contribution >= 0.6 is 15.6 Å². The maximum Gasteiger partial charge on any atom is 0.472 e. The topological polar surface area (TPSA) is 237 Å². The van der Waals surface area contributed by atoms with E-state index in [1.807, 2.05) is 0 Å². The van der Waals surface area contributed by atoms with Gasteiger partial charge in [0.15, 0.2) is 12.2 Å². The van der Waals surface area contributed by atoms with Gasteiger partial charge in [-0.3, -0.25) is 37.3 Å². The molecule has 6 atom stereocenters. The number of carbonyl (C=O) groups is 4. The van der Waals surface area contributed by atoms with Crippen molar-refractivity contribution in [2.75, 3.05) is 39.6 Å². The fourth-order valence-corrected chi connectivity index (χ4v) is 11.7.